The number of ether oxygens (including phenoxy) is 2. The van der Waals surface area contributed by atoms with Crippen LogP contribution in [0.15, 0.2) is 24.8 Å². The first-order chi connectivity index (χ1) is 18.2. The van der Waals surface area contributed by atoms with Crippen LogP contribution in [0.1, 0.15) is 49.5 Å². The van der Waals surface area contributed by atoms with E-state index in [0.29, 0.717) is 25.5 Å². The summed E-state index contributed by atoms with van der Waals surface area (Å²) in [5.41, 5.74) is 5.82. The second-order valence-electron chi connectivity index (χ2n) is 8.18. The number of carbonyl (C=O) groups excluding carboxylic acids is 2. The van der Waals surface area contributed by atoms with E-state index >= 15 is 0 Å². The number of likely N-dealkylation sites (tertiary alicyclic amines) is 1. The molecule has 0 bridgehead atoms. The van der Waals surface area contributed by atoms with Crippen molar-refractivity contribution in [2.75, 3.05) is 39.1 Å². The second-order valence-corrected chi connectivity index (χ2v) is 8.18. The number of aromatic nitrogens is 2. The number of nitrogens with one attached hydrogen (secondary N) is 1. The molecular weight excluding hydrogens is 422 g/mol. The van der Waals surface area contributed by atoms with Gasteiger partial charge in [0.1, 0.15) is 28.6 Å². The van der Waals surface area contributed by atoms with Gasteiger partial charge in [-0.3, -0.25) is 9.59 Å². The number of amides is 2. The molecule has 0 aliphatic carbocycles. The number of carbonyl (C=O) groups is 2. The lowest BCUT2D eigenvalue weighted by molar-refractivity contribution is -0.127. The Morgan fingerprint density at radius 2 is 2.00 bits per heavy atom. The molecule has 2 aliphatic rings. The van der Waals surface area contributed by atoms with Crippen molar-refractivity contribution >= 4 is 17.6 Å². The fourth-order valence-electron chi connectivity index (χ4n) is 4.78. The summed E-state index contributed by atoms with van der Waals surface area (Å²) < 4.78 is 58.4. The Morgan fingerprint density at radius 1 is 1.27 bits per heavy atom. The Hall–Kier alpha value is -3.49. The predicted octanol–water partition coefficient (Wildman–Crippen LogP) is 2.76. The highest BCUT2D eigenvalue weighted by Crippen LogP contribution is 2.42. The van der Waals surface area contributed by atoms with E-state index in [9.17, 15) is 9.59 Å². The third-order valence-electron chi connectivity index (χ3n) is 6.44. The van der Waals surface area contributed by atoms with Crippen LogP contribution in [-0.4, -0.2) is 60.3 Å². The van der Waals surface area contributed by atoms with Crippen LogP contribution in [0, 0.1) is 12.8 Å². The summed E-state index contributed by atoms with van der Waals surface area (Å²) in [4.78, 5) is 26.5. The van der Waals surface area contributed by atoms with E-state index in [0.717, 1.165) is 19.3 Å². The van der Waals surface area contributed by atoms with E-state index in [1.54, 1.807) is 9.58 Å². The third kappa shape index (κ3) is 4.03. The SMILES string of the molecule is [2H]C([2H])([2H])Oc1cc(-c2nn3c(c2C(N)=O)NCCC3C2CCN(C(=O)C=C)CC2)cc(OC)c1C([2H])([2H])[2H]. The summed E-state index contributed by atoms with van der Waals surface area (Å²) in [5.74, 6) is -0.846. The summed E-state index contributed by atoms with van der Waals surface area (Å²) in [6.07, 6.45) is 3.50. The number of nitrogens with zero attached hydrogens (tertiary/aromatic N) is 3. The van der Waals surface area contributed by atoms with E-state index < -0.39 is 31.1 Å². The zero-order chi connectivity index (χ0) is 28.7. The Labute approximate surface area is 201 Å². The highest BCUT2D eigenvalue weighted by atomic mass is 16.5. The van der Waals surface area contributed by atoms with Crippen LogP contribution < -0.4 is 20.5 Å². The lowest BCUT2D eigenvalue weighted by atomic mass is 9.87. The highest BCUT2D eigenvalue weighted by molar-refractivity contribution is 6.04. The van der Waals surface area contributed by atoms with Gasteiger partial charge in [-0.25, -0.2) is 4.68 Å². The first-order valence-electron chi connectivity index (χ1n) is 13.7. The van der Waals surface area contributed by atoms with Gasteiger partial charge in [-0.1, -0.05) is 6.58 Å². The fraction of sp³-hybridized carbons (Fsp3) is 0.458. The highest BCUT2D eigenvalue weighted by Gasteiger charge is 2.36. The lowest BCUT2D eigenvalue weighted by Crippen LogP contribution is -2.41. The zero-order valence-corrected chi connectivity index (χ0v) is 18.4. The summed E-state index contributed by atoms with van der Waals surface area (Å²) in [6.45, 7) is 2.52. The van der Waals surface area contributed by atoms with Crippen molar-refractivity contribution in [3.63, 3.8) is 0 Å². The van der Waals surface area contributed by atoms with Gasteiger partial charge in [-0.05, 0) is 50.2 Å². The molecule has 2 aromatic rings. The van der Waals surface area contributed by atoms with Gasteiger partial charge in [0, 0.05) is 34.9 Å². The molecule has 0 spiro atoms. The van der Waals surface area contributed by atoms with Crippen LogP contribution in [0.4, 0.5) is 5.82 Å². The van der Waals surface area contributed by atoms with E-state index in [-0.39, 0.29) is 40.4 Å². The van der Waals surface area contributed by atoms with Crippen molar-refractivity contribution in [2.24, 2.45) is 11.7 Å². The minimum absolute atomic E-state index is 0.0856. The van der Waals surface area contributed by atoms with Crippen LogP contribution in [0.2, 0.25) is 0 Å². The topological polar surface area (TPSA) is 112 Å². The van der Waals surface area contributed by atoms with Gasteiger partial charge in [0.15, 0.2) is 0 Å². The minimum Gasteiger partial charge on any atom is -0.496 e. The van der Waals surface area contributed by atoms with Gasteiger partial charge in [0.2, 0.25) is 5.91 Å². The molecule has 0 saturated carbocycles. The van der Waals surface area contributed by atoms with Crippen LogP contribution in [0.5, 0.6) is 11.5 Å². The molecule has 3 heterocycles. The van der Waals surface area contributed by atoms with Gasteiger partial charge in [-0.2, -0.15) is 5.10 Å². The average Bonchev–Trinajstić information content (AvgIpc) is 3.26. The molecule has 0 radical (unpaired) electrons. The average molecular weight is 460 g/mol. The number of methoxy groups -OCH3 is 2. The van der Waals surface area contributed by atoms with E-state index in [1.807, 2.05) is 0 Å². The van der Waals surface area contributed by atoms with Gasteiger partial charge >= 0.3 is 0 Å². The molecule has 1 aromatic carbocycles. The largest absolute Gasteiger partial charge is 0.496 e. The van der Waals surface area contributed by atoms with E-state index in [2.05, 4.69) is 11.9 Å². The van der Waals surface area contributed by atoms with Crippen molar-refractivity contribution in [1.29, 1.82) is 0 Å². The normalized spacial score (nSPS) is 21.7. The molecule has 176 valence electrons. The molecular formula is C24H31N5O4. The number of anilines is 1. The van der Waals surface area contributed by atoms with Crippen molar-refractivity contribution in [3.05, 3.63) is 35.9 Å². The Balaban J connectivity index is 1.81. The number of benzene rings is 1. The quantitative estimate of drug-likeness (QED) is 0.643. The summed E-state index contributed by atoms with van der Waals surface area (Å²) in [5, 5.41) is 7.94. The molecule has 1 atom stereocenters. The van der Waals surface area contributed by atoms with Crippen molar-refractivity contribution in [1.82, 2.24) is 14.7 Å². The van der Waals surface area contributed by atoms with Crippen molar-refractivity contribution < 1.29 is 27.3 Å². The minimum atomic E-state index is -2.95. The molecule has 1 saturated heterocycles. The zero-order valence-electron chi connectivity index (χ0n) is 24.4. The number of nitrogens with two attached hydrogens (primary N) is 1. The maximum Gasteiger partial charge on any atom is 0.254 e. The molecule has 1 unspecified atom stereocenters. The first kappa shape index (κ1) is 16.2. The molecule has 4 rings (SSSR count). The van der Waals surface area contributed by atoms with E-state index in [1.165, 1.54) is 25.3 Å². The monoisotopic (exact) mass is 459 g/mol. The maximum absolute atomic E-state index is 12.7. The van der Waals surface area contributed by atoms with Crippen molar-refractivity contribution in [3.8, 4) is 22.8 Å². The standard InChI is InChI=1S/C24H31N5O4/c1-5-20(30)28-10-7-15(8-11-28)17-6-9-26-24-21(23(25)31)22(27-29(17)24)16-12-18(32-3)14(2)19(13-16)33-4/h5,12-13,15,17,26H,1,6-11H2,2-4H3,(H2,25,31)/i2D3,3D3. The van der Waals surface area contributed by atoms with Crippen LogP contribution >= 0.6 is 0 Å². The third-order valence-corrected chi connectivity index (χ3v) is 6.44. The molecule has 2 aliphatic heterocycles. The molecule has 33 heavy (non-hydrogen) atoms. The van der Waals surface area contributed by atoms with Gasteiger partial charge < -0.3 is 25.4 Å². The number of piperidine rings is 1. The second kappa shape index (κ2) is 9.17. The maximum atomic E-state index is 12.7. The number of rotatable bonds is 6. The number of hydrogen-bond acceptors (Lipinski definition) is 6. The number of primary amides is 1. The first-order valence-corrected chi connectivity index (χ1v) is 10.7. The van der Waals surface area contributed by atoms with Crippen LogP contribution in [0.25, 0.3) is 11.3 Å². The summed E-state index contributed by atoms with van der Waals surface area (Å²) in [6, 6.07) is 2.52. The molecule has 9 nitrogen and oxygen atoms in total. The number of hydrogen-bond donors (Lipinski definition) is 2. The Bertz CT molecular complexity index is 1280. The molecule has 2 amide bonds. The Morgan fingerprint density at radius 3 is 2.61 bits per heavy atom. The lowest BCUT2D eigenvalue weighted by Gasteiger charge is -2.38. The molecule has 1 aromatic heterocycles. The fourth-order valence-corrected chi connectivity index (χ4v) is 4.78. The van der Waals surface area contributed by atoms with E-state index in [4.69, 9.17) is 28.5 Å². The van der Waals surface area contributed by atoms with Crippen LogP contribution in [-0.2, 0) is 4.79 Å². The molecule has 3 N–H and O–H groups in total. The summed E-state index contributed by atoms with van der Waals surface area (Å²) in [7, 11) is -1.69. The van der Waals surface area contributed by atoms with Gasteiger partial charge in [0.25, 0.3) is 5.91 Å². The number of fused-ring (bicyclic) bond motifs is 1. The van der Waals surface area contributed by atoms with Crippen LogP contribution in [0.3, 0.4) is 0 Å². The van der Waals surface area contributed by atoms with Crippen molar-refractivity contribution in [2.45, 2.75) is 32.2 Å². The van der Waals surface area contributed by atoms with Gasteiger partial charge in [0.05, 0.1) is 24.3 Å². The smallest absolute Gasteiger partial charge is 0.254 e. The Kier molecular flexibility index (Phi) is 4.49. The summed E-state index contributed by atoms with van der Waals surface area (Å²) >= 11 is 0. The van der Waals surface area contributed by atoms with Gasteiger partial charge in [-0.15, -0.1) is 0 Å². The molecule has 9 heteroatoms. The molecule has 1 fully saturated rings. The predicted molar refractivity (Wildman–Crippen MR) is 126 cm³/mol.